The molecule has 0 aromatic carbocycles. The summed E-state index contributed by atoms with van der Waals surface area (Å²) in [6.45, 7) is 7.02. The topological polar surface area (TPSA) is 56.7 Å². The van der Waals surface area contributed by atoms with Crippen LogP contribution in [-0.2, 0) is 13.0 Å². The maximum absolute atomic E-state index is 6.23. The van der Waals surface area contributed by atoms with Crippen molar-refractivity contribution in [2.75, 3.05) is 0 Å². The molecule has 2 N–H and O–H groups in total. The Kier molecular flexibility index (Phi) is 3.77. The lowest BCUT2D eigenvalue weighted by atomic mass is 10.1. The van der Waals surface area contributed by atoms with Gasteiger partial charge in [-0.25, -0.2) is 0 Å². The van der Waals surface area contributed by atoms with Gasteiger partial charge in [-0.2, -0.15) is 5.10 Å². The summed E-state index contributed by atoms with van der Waals surface area (Å²) >= 11 is 0. The van der Waals surface area contributed by atoms with E-state index in [1.165, 1.54) is 11.3 Å². The second-order valence-electron chi connectivity index (χ2n) is 4.66. The van der Waals surface area contributed by atoms with E-state index < -0.39 is 0 Å². The molecule has 18 heavy (non-hydrogen) atoms. The maximum atomic E-state index is 6.23. The van der Waals surface area contributed by atoms with Crippen molar-refractivity contribution in [3.8, 4) is 0 Å². The lowest BCUT2D eigenvalue weighted by Gasteiger charge is -2.12. The number of pyridine rings is 1. The minimum Gasteiger partial charge on any atom is -0.322 e. The fourth-order valence-corrected chi connectivity index (χ4v) is 2.13. The van der Waals surface area contributed by atoms with Crippen LogP contribution in [0.4, 0.5) is 0 Å². The van der Waals surface area contributed by atoms with Crippen LogP contribution < -0.4 is 5.73 Å². The zero-order chi connectivity index (χ0) is 13.1. The van der Waals surface area contributed by atoms with Crippen molar-refractivity contribution in [2.24, 2.45) is 5.73 Å². The van der Waals surface area contributed by atoms with E-state index in [-0.39, 0.29) is 6.04 Å². The molecule has 0 fully saturated rings. The Morgan fingerprint density at radius 3 is 2.78 bits per heavy atom. The van der Waals surface area contributed by atoms with Crippen molar-refractivity contribution in [1.82, 2.24) is 14.8 Å². The first-order valence-corrected chi connectivity index (χ1v) is 6.31. The monoisotopic (exact) mass is 244 g/mol. The van der Waals surface area contributed by atoms with Crippen molar-refractivity contribution in [1.29, 1.82) is 0 Å². The predicted octanol–water partition coefficient (Wildman–Crippen LogP) is 2.16. The van der Waals surface area contributed by atoms with Crippen LogP contribution >= 0.6 is 0 Å². The summed E-state index contributed by atoms with van der Waals surface area (Å²) < 4.78 is 2.00. The molecule has 0 aliphatic carbocycles. The molecule has 1 unspecified atom stereocenters. The van der Waals surface area contributed by atoms with Crippen LogP contribution in [0.5, 0.6) is 0 Å². The molecule has 0 saturated carbocycles. The SMILES string of the molecule is CCn1nc(C)cc1CC(N)c1cc(C)ccn1. The fourth-order valence-electron chi connectivity index (χ4n) is 2.13. The van der Waals surface area contributed by atoms with Gasteiger partial charge in [0, 0.05) is 24.9 Å². The van der Waals surface area contributed by atoms with Gasteiger partial charge in [0.1, 0.15) is 0 Å². The third kappa shape index (κ3) is 2.76. The number of aryl methyl sites for hydroxylation is 3. The highest BCUT2D eigenvalue weighted by Crippen LogP contribution is 2.16. The molecule has 0 spiro atoms. The number of nitrogens with two attached hydrogens (primary N) is 1. The van der Waals surface area contributed by atoms with Crippen LogP contribution in [0.15, 0.2) is 24.4 Å². The summed E-state index contributed by atoms with van der Waals surface area (Å²) in [5, 5.41) is 4.43. The normalized spacial score (nSPS) is 12.7. The number of hydrogen-bond donors (Lipinski definition) is 1. The molecule has 0 bridgehead atoms. The summed E-state index contributed by atoms with van der Waals surface area (Å²) in [6, 6.07) is 6.05. The second kappa shape index (κ2) is 5.31. The molecular weight excluding hydrogens is 224 g/mol. The largest absolute Gasteiger partial charge is 0.322 e. The molecule has 2 heterocycles. The lowest BCUT2D eigenvalue weighted by Crippen LogP contribution is -2.17. The molecule has 4 nitrogen and oxygen atoms in total. The fraction of sp³-hybridized carbons (Fsp3) is 0.429. The first kappa shape index (κ1) is 12.8. The Labute approximate surface area is 108 Å². The Bertz CT molecular complexity index is 530. The molecule has 0 aliphatic heterocycles. The zero-order valence-electron chi connectivity index (χ0n) is 11.2. The average molecular weight is 244 g/mol. The number of nitrogens with zero attached hydrogens (tertiary/aromatic N) is 3. The van der Waals surface area contributed by atoms with Gasteiger partial charge in [0.25, 0.3) is 0 Å². The van der Waals surface area contributed by atoms with Crippen LogP contribution in [0, 0.1) is 13.8 Å². The Morgan fingerprint density at radius 2 is 2.11 bits per heavy atom. The van der Waals surface area contributed by atoms with E-state index in [2.05, 4.69) is 30.0 Å². The third-order valence-corrected chi connectivity index (χ3v) is 3.03. The Hall–Kier alpha value is -1.68. The molecule has 2 rings (SSSR count). The van der Waals surface area contributed by atoms with Crippen molar-refractivity contribution in [3.05, 3.63) is 47.0 Å². The van der Waals surface area contributed by atoms with Crippen molar-refractivity contribution >= 4 is 0 Å². The van der Waals surface area contributed by atoms with E-state index in [0.717, 1.165) is 24.4 Å². The van der Waals surface area contributed by atoms with Gasteiger partial charge in [0.2, 0.25) is 0 Å². The predicted molar refractivity (Wildman–Crippen MR) is 72.2 cm³/mol. The first-order valence-electron chi connectivity index (χ1n) is 6.31. The minimum atomic E-state index is -0.0775. The molecular formula is C14H20N4. The number of rotatable bonds is 4. The van der Waals surface area contributed by atoms with E-state index >= 15 is 0 Å². The Morgan fingerprint density at radius 1 is 1.33 bits per heavy atom. The lowest BCUT2D eigenvalue weighted by molar-refractivity contribution is 0.582. The number of aromatic nitrogens is 3. The molecule has 0 radical (unpaired) electrons. The molecule has 0 aliphatic rings. The molecule has 96 valence electrons. The highest BCUT2D eigenvalue weighted by atomic mass is 15.3. The smallest absolute Gasteiger partial charge is 0.0596 e. The van der Waals surface area contributed by atoms with Gasteiger partial charge in [-0.3, -0.25) is 9.67 Å². The third-order valence-electron chi connectivity index (χ3n) is 3.03. The molecule has 0 amide bonds. The van der Waals surface area contributed by atoms with Crippen LogP contribution in [0.1, 0.15) is 35.6 Å². The quantitative estimate of drug-likeness (QED) is 0.896. The summed E-state index contributed by atoms with van der Waals surface area (Å²) in [7, 11) is 0. The average Bonchev–Trinajstić information content (AvgIpc) is 2.69. The maximum Gasteiger partial charge on any atom is 0.0596 e. The van der Waals surface area contributed by atoms with Crippen LogP contribution in [-0.4, -0.2) is 14.8 Å². The van der Waals surface area contributed by atoms with Crippen molar-refractivity contribution < 1.29 is 0 Å². The summed E-state index contributed by atoms with van der Waals surface area (Å²) in [5.74, 6) is 0. The molecule has 1 atom stereocenters. The van der Waals surface area contributed by atoms with E-state index in [4.69, 9.17) is 5.73 Å². The minimum absolute atomic E-state index is 0.0775. The standard InChI is InChI=1S/C14H20N4/c1-4-18-12(8-11(3)17-18)9-13(15)14-7-10(2)5-6-16-14/h5-8,13H,4,9,15H2,1-3H3. The molecule has 2 aromatic heterocycles. The van der Waals surface area contributed by atoms with Crippen molar-refractivity contribution in [2.45, 2.75) is 39.8 Å². The number of hydrogen-bond acceptors (Lipinski definition) is 3. The van der Waals surface area contributed by atoms with E-state index in [1.54, 1.807) is 0 Å². The van der Waals surface area contributed by atoms with Gasteiger partial charge in [-0.05, 0) is 44.5 Å². The van der Waals surface area contributed by atoms with Gasteiger partial charge < -0.3 is 5.73 Å². The Balaban J connectivity index is 2.18. The van der Waals surface area contributed by atoms with Gasteiger partial charge in [0.15, 0.2) is 0 Å². The van der Waals surface area contributed by atoms with Crippen LogP contribution in [0.3, 0.4) is 0 Å². The summed E-state index contributed by atoms with van der Waals surface area (Å²) in [6.07, 6.45) is 2.58. The van der Waals surface area contributed by atoms with Crippen LogP contribution in [0.25, 0.3) is 0 Å². The van der Waals surface area contributed by atoms with Crippen LogP contribution in [0.2, 0.25) is 0 Å². The van der Waals surface area contributed by atoms with Gasteiger partial charge in [-0.1, -0.05) is 0 Å². The summed E-state index contributed by atoms with van der Waals surface area (Å²) in [5.41, 5.74) is 10.6. The van der Waals surface area contributed by atoms with E-state index in [9.17, 15) is 0 Å². The van der Waals surface area contributed by atoms with E-state index in [0.29, 0.717) is 0 Å². The molecule has 0 saturated heterocycles. The van der Waals surface area contributed by atoms with Gasteiger partial charge in [0.05, 0.1) is 17.4 Å². The van der Waals surface area contributed by atoms with E-state index in [1.807, 2.05) is 29.9 Å². The summed E-state index contributed by atoms with van der Waals surface area (Å²) in [4.78, 5) is 4.34. The molecule has 2 aromatic rings. The highest BCUT2D eigenvalue weighted by molar-refractivity contribution is 5.19. The van der Waals surface area contributed by atoms with Gasteiger partial charge >= 0.3 is 0 Å². The molecule has 4 heteroatoms. The first-order chi connectivity index (χ1) is 8.60. The van der Waals surface area contributed by atoms with Gasteiger partial charge in [-0.15, -0.1) is 0 Å². The second-order valence-corrected chi connectivity index (χ2v) is 4.66. The zero-order valence-corrected chi connectivity index (χ0v) is 11.2. The highest BCUT2D eigenvalue weighted by Gasteiger charge is 2.12. The van der Waals surface area contributed by atoms with Crippen molar-refractivity contribution in [3.63, 3.8) is 0 Å².